The highest BCUT2D eigenvalue weighted by molar-refractivity contribution is 6.32. The Labute approximate surface area is 131 Å². The molecule has 1 heterocycles. The molecule has 0 spiro atoms. The molecule has 0 aromatic carbocycles. The monoisotopic (exact) mass is 331 g/mol. The number of nitrogens with one attached hydrogen (secondary N) is 1. The summed E-state index contributed by atoms with van der Waals surface area (Å²) in [6.45, 7) is 1.99. The number of carbonyl (C=O) groups is 2. The summed E-state index contributed by atoms with van der Waals surface area (Å²) in [7, 11) is 0. The van der Waals surface area contributed by atoms with Crippen LogP contribution >= 0.6 is 23.2 Å². The number of aromatic nitrogens is 2. The van der Waals surface area contributed by atoms with E-state index in [0.717, 1.165) is 6.42 Å². The molecule has 1 aromatic rings. The number of nitrogens with zero attached hydrogens (tertiary/aromatic N) is 2. The van der Waals surface area contributed by atoms with Crippen LogP contribution in [-0.2, 0) is 9.59 Å². The second kappa shape index (κ2) is 6.58. The van der Waals surface area contributed by atoms with E-state index in [9.17, 15) is 14.7 Å². The molecule has 0 bridgehead atoms. The molecule has 21 heavy (non-hydrogen) atoms. The SMILES string of the molecule is CCC1C[C@H](C(=O)Nc2cc(Cl)nc(Cl)n2)[C@H](C(=O)O)C1. The lowest BCUT2D eigenvalue weighted by Crippen LogP contribution is -2.30. The lowest BCUT2D eigenvalue weighted by molar-refractivity contribution is -0.145. The first-order valence-corrected chi connectivity index (χ1v) is 7.40. The van der Waals surface area contributed by atoms with E-state index in [1.165, 1.54) is 6.07 Å². The molecule has 1 fully saturated rings. The van der Waals surface area contributed by atoms with Crippen LogP contribution < -0.4 is 5.32 Å². The Morgan fingerprint density at radius 1 is 1.33 bits per heavy atom. The van der Waals surface area contributed by atoms with Gasteiger partial charge >= 0.3 is 5.97 Å². The van der Waals surface area contributed by atoms with Gasteiger partial charge in [0.05, 0.1) is 11.8 Å². The number of anilines is 1. The van der Waals surface area contributed by atoms with Crippen LogP contribution in [0, 0.1) is 17.8 Å². The fourth-order valence-corrected chi connectivity index (χ4v) is 3.12. The topological polar surface area (TPSA) is 92.2 Å². The summed E-state index contributed by atoms with van der Waals surface area (Å²) in [5, 5.41) is 11.9. The number of carboxylic acids is 1. The number of carboxylic acid groups (broad SMARTS) is 1. The number of aliphatic carboxylic acids is 1. The largest absolute Gasteiger partial charge is 0.481 e. The van der Waals surface area contributed by atoms with Crippen LogP contribution in [-0.4, -0.2) is 27.0 Å². The number of halogens is 2. The molecule has 1 aromatic heterocycles. The van der Waals surface area contributed by atoms with Gasteiger partial charge in [-0.05, 0) is 30.4 Å². The summed E-state index contributed by atoms with van der Waals surface area (Å²) < 4.78 is 0. The van der Waals surface area contributed by atoms with Gasteiger partial charge in [0, 0.05) is 6.07 Å². The smallest absolute Gasteiger partial charge is 0.307 e. The van der Waals surface area contributed by atoms with Crippen molar-refractivity contribution in [2.75, 3.05) is 5.32 Å². The van der Waals surface area contributed by atoms with Crippen molar-refractivity contribution in [3.8, 4) is 0 Å². The standard InChI is InChI=1S/C13H15Cl2N3O3/c1-2-6-3-7(8(4-6)12(20)21)11(19)17-10-5-9(14)16-13(15)18-10/h5-8H,2-4H2,1H3,(H,20,21)(H,16,17,18,19)/t6?,7-,8+/m0/s1. The summed E-state index contributed by atoms with van der Waals surface area (Å²) in [4.78, 5) is 31.1. The van der Waals surface area contributed by atoms with Crippen LogP contribution in [0.2, 0.25) is 10.4 Å². The van der Waals surface area contributed by atoms with Crippen LogP contribution in [0.25, 0.3) is 0 Å². The highest BCUT2D eigenvalue weighted by Crippen LogP contribution is 2.39. The second-order valence-corrected chi connectivity index (χ2v) is 5.86. The average molecular weight is 332 g/mol. The zero-order chi connectivity index (χ0) is 15.6. The van der Waals surface area contributed by atoms with Gasteiger partial charge in [-0.3, -0.25) is 9.59 Å². The molecule has 3 atom stereocenters. The molecular weight excluding hydrogens is 317 g/mol. The molecule has 6 nitrogen and oxygen atoms in total. The van der Waals surface area contributed by atoms with Gasteiger partial charge in [0.2, 0.25) is 11.2 Å². The zero-order valence-corrected chi connectivity index (χ0v) is 12.9. The van der Waals surface area contributed by atoms with Crippen LogP contribution in [0.15, 0.2) is 6.07 Å². The quantitative estimate of drug-likeness (QED) is 0.653. The van der Waals surface area contributed by atoms with Gasteiger partial charge in [0.1, 0.15) is 11.0 Å². The van der Waals surface area contributed by atoms with Gasteiger partial charge in [-0.1, -0.05) is 24.9 Å². The molecule has 1 unspecified atom stereocenters. The molecule has 0 saturated heterocycles. The van der Waals surface area contributed by atoms with Crippen molar-refractivity contribution in [3.05, 3.63) is 16.5 Å². The lowest BCUT2D eigenvalue weighted by Gasteiger charge is -2.15. The third kappa shape index (κ3) is 3.83. The molecule has 0 aliphatic heterocycles. The van der Waals surface area contributed by atoms with Crippen LogP contribution in [0.1, 0.15) is 26.2 Å². The molecule has 8 heteroatoms. The molecule has 1 amide bonds. The molecule has 1 aliphatic rings. The maximum Gasteiger partial charge on any atom is 0.307 e. The van der Waals surface area contributed by atoms with Gasteiger partial charge in [-0.25, -0.2) is 9.97 Å². The van der Waals surface area contributed by atoms with Crippen molar-refractivity contribution in [2.45, 2.75) is 26.2 Å². The Hall–Kier alpha value is -1.40. The van der Waals surface area contributed by atoms with E-state index in [0.29, 0.717) is 12.8 Å². The summed E-state index contributed by atoms with van der Waals surface area (Å²) in [5.41, 5.74) is 0. The Morgan fingerprint density at radius 2 is 2.00 bits per heavy atom. The third-order valence-electron chi connectivity index (χ3n) is 3.81. The number of rotatable bonds is 4. The van der Waals surface area contributed by atoms with Crippen molar-refractivity contribution < 1.29 is 14.7 Å². The van der Waals surface area contributed by atoms with Crippen molar-refractivity contribution >= 4 is 40.9 Å². The fourth-order valence-electron chi connectivity index (χ4n) is 2.71. The Morgan fingerprint density at radius 3 is 2.57 bits per heavy atom. The Kier molecular flexibility index (Phi) is 5.00. The van der Waals surface area contributed by atoms with Crippen LogP contribution in [0.5, 0.6) is 0 Å². The molecule has 1 saturated carbocycles. The minimum atomic E-state index is -0.940. The van der Waals surface area contributed by atoms with Crippen molar-refractivity contribution in [1.29, 1.82) is 0 Å². The maximum absolute atomic E-state index is 12.3. The molecule has 1 aliphatic carbocycles. The second-order valence-electron chi connectivity index (χ2n) is 5.13. The van der Waals surface area contributed by atoms with E-state index in [1.54, 1.807) is 0 Å². The number of carbonyl (C=O) groups excluding carboxylic acids is 1. The van der Waals surface area contributed by atoms with Gasteiger partial charge in [-0.2, -0.15) is 0 Å². The Bertz CT molecular complexity index is 547. The van der Waals surface area contributed by atoms with E-state index < -0.39 is 17.8 Å². The fraction of sp³-hybridized carbons (Fsp3) is 0.538. The van der Waals surface area contributed by atoms with Crippen LogP contribution in [0.4, 0.5) is 5.82 Å². The Balaban J connectivity index is 2.13. The van der Waals surface area contributed by atoms with E-state index in [-0.39, 0.29) is 28.1 Å². The summed E-state index contributed by atoms with van der Waals surface area (Å²) in [6.07, 6.45) is 1.94. The van der Waals surface area contributed by atoms with Gasteiger partial charge in [0.25, 0.3) is 0 Å². The molecule has 2 N–H and O–H groups in total. The molecule has 0 radical (unpaired) electrons. The average Bonchev–Trinajstić information content (AvgIpc) is 2.81. The first kappa shape index (κ1) is 16.0. The first-order valence-electron chi connectivity index (χ1n) is 6.64. The predicted molar refractivity (Wildman–Crippen MR) is 78.3 cm³/mol. The summed E-state index contributed by atoms with van der Waals surface area (Å²) >= 11 is 11.4. The van der Waals surface area contributed by atoms with Gasteiger partial charge in [-0.15, -0.1) is 0 Å². The lowest BCUT2D eigenvalue weighted by atomic mass is 9.95. The number of amides is 1. The highest BCUT2D eigenvalue weighted by atomic mass is 35.5. The summed E-state index contributed by atoms with van der Waals surface area (Å²) in [6, 6.07) is 1.37. The van der Waals surface area contributed by atoms with Gasteiger partial charge < -0.3 is 10.4 Å². The first-order chi connectivity index (χ1) is 9.90. The van der Waals surface area contributed by atoms with Crippen molar-refractivity contribution in [1.82, 2.24) is 9.97 Å². The van der Waals surface area contributed by atoms with Crippen molar-refractivity contribution in [2.24, 2.45) is 17.8 Å². The predicted octanol–water partition coefficient (Wildman–Crippen LogP) is 2.86. The number of hydrogen-bond acceptors (Lipinski definition) is 4. The summed E-state index contributed by atoms with van der Waals surface area (Å²) in [5.74, 6) is -2.12. The minimum absolute atomic E-state index is 0.0783. The van der Waals surface area contributed by atoms with E-state index in [1.807, 2.05) is 6.92 Å². The maximum atomic E-state index is 12.3. The van der Waals surface area contributed by atoms with Crippen LogP contribution in [0.3, 0.4) is 0 Å². The molecule has 2 rings (SSSR count). The highest BCUT2D eigenvalue weighted by Gasteiger charge is 2.42. The number of hydrogen-bond donors (Lipinski definition) is 2. The van der Waals surface area contributed by atoms with Crippen molar-refractivity contribution in [3.63, 3.8) is 0 Å². The normalized spacial score (nSPS) is 24.8. The zero-order valence-electron chi connectivity index (χ0n) is 11.3. The van der Waals surface area contributed by atoms with E-state index in [2.05, 4.69) is 15.3 Å². The van der Waals surface area contributed by atoms with E-state index >= 15 is 0 Å². The molecular formula is C13H15Cl2N3O3. The molecule has 114 valence electrons. The van der Waals surface area contributed by atoms with E-state index in [4.69, 9.17) is 23.2 Å². The third-order valence-corrected chi connectivity index (χ3v) is 4.17. The van der Waals surface area contributed by atoms with Gasteiger partial charge in [0.15, 0.2) is 0 Å². The minimum Gasteiger partial charge on any atom is -0.481 e.